The molecule has 102 valence electrons. The van der Waals surface area contributed by atoms with Crippen LogP contribution in [0.2, 0.25) is 0 Å². The van der Waals surface area contributed by atoms with E-state index in [0.717, 1.165) is 23.2 Å². The third-order valence-electron chi connectivity index (χ3n) is 4.06. The summed E-state index contributed by atoms with van der Waals surface area (Å²) < 4.78 is 5.52. The largest absolute Gasteiger partial charge is 0.460 e. The van der Waals surface area contributed by atoms with Crippen LogP contribution in [0, 0.1) is 5.41 Å². The van der Waals surface area contributed by atoms with Crippen molar-refractivity contribution in [2.75, 3.05) is 11.1 Å². The molecule has 3 rings (SSSR count). The van der Waals surface area contributed by atoms with Gasteiger partial charge >= 0.3 is 0 Å². The van der Waals surface area contributed by atoms with E-state index in [4.69, 9.17) is 10.2 Å². The Kier molecular flexibility index (Phi) is 2.88. The number of nitrogens with two attached hydrogens (primary N) is 1. The molecule has 1 aliphatic carbocycles. The first kappa shape index (κ1) is 12.3. The fourth-order valence-electron chi connectivity index (χ4n) is 3.10. The van der Waals surface area contributed by atoms with Crippen molar-refractivity contribution in [1.82, 2.24) is 4.98 Å². The molecular formula is C15H21N3O. The molecular weight excluding hydrogens is 238 g/mol. The Morgan fingerprint density at radius 2 is 2.32 bits per heavy atom. The van der Waals surface area contributed by atoms with Crippen molar-refractivity contribution in [1.29, 1.82) is 0 Å². The minimum Gasteiger partial charge on any atom is -0.460 e. The number of fused-ring (bicyclic) bond motifs is 1. The quantitative estimate of drug-likeness (QED) is 0.861. The summed E-state index contributed by atoms with van der Waals surface area (Å²) in [6, 6.07) is 2.33. The molecule has 1 saturated carbocycles. The second-order valence-corrected chi connectivity index (χ2v) is 6.33. The maximum Gasteiger partial charge on any atom is 0.177 e. The number of hydrogen-bond acceptors (Lipinski definition) is 4. The van der Waals surface area contributed by atoms with Crippen molar-refractivity contribution in [2.24, 2.45) is 5.41 Å². The second-order valence-electron chi connectivity index (χ2n) is 6.33. The van der Waals surface area contributed by atoms with Gasteiger partial charge < -0.3 is 15.5 Å². The summed E-state index contributed by atoms with van der Waals surface area (Å²) in [4.78, 5) is 4.26. The van der Waals surface area contributed by atoms with Gasteiger partial charge in [-0.1, -0.05) is 20.3 Å². The van der Waals surface area contributed by atoms with Crippen LogP contribution in [-0.4, -0.2) is 11.0 Å². The Hall–Kier alpha value is -1.71. The molecule has 0 spiro atoms. The van der Waals surface area contributed by atoms with Crippen LogP contribution in [0.3, 0.4) is 0 Å². The average Bonchev–Trinajstić information content (AvgIpc) is 2.80. The zero-order chi connectivity index (χ0) is 13.5. The van der Waals surface area contributed by atoms with Gasteiger partial charge in [-0.25, -0.2) is 0 Å². The van der Waals surface area contributed by atoms with Gasteiger partial charge in [0.15, 0.2) is 5.58 Å². The Morgan fingerprint density at radius 1 is 1.47 bits per heavy atom. The first-order chi connectivity index (χ1) is 9.05. The first-order valence-electron chi connectivity index (χ1n) is 6.93. The number of nitrogens with one attached hydrogen (secondary N) is 1. The summed E-state index contributed by atoms with van der Waals surface area (Å²) in [5.74, 6) is 0. The van der Waals surface area contributed by atoms with Gasteiger partial charge in [0.05, 0.1) is 18.1 Å². The van der Waals surface area contributed by atoms with Crippen LogP contribution in [0.4, 0.5) is 11.4 Å². The number of anilines is 2. The van der Waals surface area contributed by atoms with E-state index in [1.165, 1.54) is 19.3 Å². The van der Waals surface area contributed by atoms with E-state index in [-0.39, 0.29) is 0 Å². The summed E-state index contributed by atoms with van der Waals surface area (Å²) >= 11 is 0. The minimum absolute atomic E-state index is 0.403. The lowest BCUT2D eigenvalue weighted by Gasteiger charge is -2.36. The van der Waals surface area contributed by atoms with Crippen molar-refractivity contribution in [3.63, 3.8) is 0 Å². The Labute approximate surface area is 113 Å². The van der Waals surface area contributed by atoms with E-state index < -0.39 is 0 Å². The zero-order valence-electron chi connectivity index (χ0n) is 11.6. The normalized spacial score (nSPS) is 22.5. The number of aromatic nitrogens is 1. The number of hydrogen-bond donors (Lipinski definition) is 2. The third kappa shape index (κ3) is 2.39. The van der Waals surface area contributed by atoms with E-state index in [0.29, 0.717) is 17.1 Å². The number of nitrogen functional groups attached to an aromatic ring is 1. The Balaban J connectivity index is 1.88. The third-order valence-corrected chi connectivity index (χ3v) is 4.06. The van der Waals surface area contributed by atoms with Gasteiger partial charge in [0.2, 0.25) is 0 Å². The fraction of sp³-hybridized carbons (Fsp3) is 0.533. The predicted octanol–water partition coefficient (Wildman–Crippen LogP) is 3.79. The summed E-state index contributed by atoms with van der Waals surface area (Å²) in [7, 11) is 0. The van der Waals surface area contributed by atoms with Crippen LogP contribution in [-0.2, 0) is 0 Å². The molecule has 1 atom stereocenters. The molecule has 0 aliphatic heterocycles. The molecule has 2 aromatic heterocycles. The minimum atomic E-state index is 0.403. The lowest BCUT2D eigenvalue weighted by atomic mass is 9.75. The van der Waals surface area contributed by atoms with E-state index in [2.05, 4.69) is 24.1 Å². The van der Waals surface area contributed by atoms with Crippen LogP contribution in [0.1, 0.15) is 39.5 Å². The lowest BCUT2D eigenvalue weighted by molar-refractivity contribution is 0.229. The zero-order valence-corrected chi connectivity index (χ0v) is 11.6. The Bertz CT molecular complexity index is 588. The monoisotopic (exact) mass is 259 g/mol. The lowest BCUT2D eigenvalue weighted by Crippen LogP contribution is -2.32. The van der Waals surface area contributed by atoms with Crippen LogP contribution < -0.4 is 11.1 Å². The van der Waals surface area contributed by atoms with Crippen molar-refractivity contribution in [3.8, 4) is 0 Å². The molecule has 1 fully saturated rings. The van der Waals surface area contributed by atoms with E-state index >= 15 is 0 Å². The van der Waals surface area contributed by atoms with Gasteiger partial charge in [-0.05, 0) is 24.7 Å². The molecule has 0 radical (unpaired) electrons. The number of rotatable bonds is 2. The van der Waals surface area contributed by atoms with Crippen LogP contribution in [0.25, 0.3) is 11.1 Å². The van der Waals surface area contributed by atoms with E-state index in [9.17, 15) is 0 Å². The number of nitrogens with zero attached hydrogens (tertiary/aromatic N) is 1. The van der Waals surface area contributed by atoms with Crippen LogP contribution in [0.5, 0.6) is 0 Å². The van der Waals surface area contributed by atoms with Gasteiger partial charge in [0.25, 0.3) is 0 Å². The SMILES string of the molecule is CC1(C)CCCC(Nc2c(N)cnc3ccoc23)C1. The molecule has 2 aromatic rings. The van der Waals surface area contributed by atoms with Crippen molar-refractivity contribution in [3.05, 3.63) is 18.5 Å². The number of pyridine rings is 1. The average molecular weight is 259 g/mol. The highest BCUT2D eigenvalue weighted by atomic mass is 16.3. The molecule has 3 N–H and O–H groups in total. The van der Waals surface area contributed by atoms with E-state index in [1.807, 2.05) is 6.07 Å². The van der Waals surface area contributed by atoms with Gasteiger partial charge in [-0.15, -0.1) is 0 Å². The highest BCUT2D eigenvalue weighted by Crippen LogP contribution is 2.38. The highest BCUT2D eigenvalue weighted by molar-refractivity contribution is 5.92. The molecule has 0 bridgehead atoms. The predicted molar refractivity (Wildman–Crippen MR) is 78.1 cm³/mol. The molecule has 0 aromatic carbocycles. The van der Waals surface area contributed by atoms with Crippen molar-refractivity contribution < 1.29 is 4.42 Å². The van der Waals surface area contributed by atoms with Crippen LogP contribution >= 0.6 is 0 Å². The summed E-state index contributed by atoms with van der Waals surface area (Å²) in [5.41, 5.74) is 9.63. The van der Waals surface area contributed by atoms with Gasteiger partial charge in [-0.2, -0.15) is 0 Å². The highest BCUT2D eigenvalue weighted by Gasteiger charge is 2.28. The topological polar surface area (TPSA) is 64.1 Å². The van der Waals surface area contributed by atoms with Crippen molar-refractivity contribution in [2.45, 2.75) is 45.6 Å². The molecule has 4 nitrogen and oxygen atoms in total. The second kappa shape index (κ2) is 4.44. The van der Waals surface area contributed by atoms with Gasteiger partial charge in [-0.3, -0.25) is 4.98 Å². The smallest absolute Gasteiger partial charge is 0.177 e. The molecule has 19 heavy (non-hydrogen) atoms. The molecule has 0 saturated heterocycles. The summed E-state index contributed by atoms with van der Waals surface area (Å²) in [6.45, 7) is 4.67. The molecule has 1 unspecified atom stereocenters. The Morgan fingerprint density at radius 3 is 3.11 bits per heavy atom. The fourth-order valence-corrected chi connectivity index (χ4v) is 3.10. The maximum atomic E-state index is 6.05. The first-order valence-corrected chi connectivity index (χ1v) is 6.93. The molecule has 2 heterocycles. The standard InChI is InChI=1S/C15H21N3O/c1-15(2)6-3-4-10(8-15)18-13-11(16)9-17-12-5-7-19-14(12)13/h5,7,9-10H,3-4,6,8,16H2,1-2H3,(H,17,18). The maximum absolute atomic E-state index is 6.05. The van der Waals surface area contributed by atoms with E-state index in [1.54, 1.807) is 12.5 Å². The van der Waals surface area contributed by atoms with Crippen LogP contribution in [0.15, 0.2) is 22.9 Å². The van der Waals surface area contributed by atoms with Gasteiger partial charge in [0.1, 0.15) is 11.2 Å². The summed E-state index contributed by atoms with van der Waals surface area (Å²) in [6.07, 6.45) is 8.27. The molecule has 1 aliphatic rings. The molecule has 0 amide bonds. The van der Waals surface area contributed by atoms with Crippen molar-refractivity contribution >= 4 is 22.5 Å². The molecule has 4 heteroatoms. The number of furan rings is 1. The summed E-state index contributed by atoms with van der Waals surface area (Å²) in [5, 5.41) is 3.58. The van der Waals surface area contributed by atoms with Gasteiger partial charge in [0, 0.05) is 12.1 Å².